The Morgan fingerprint density at radius 2 is 2.21 bits per heavy atom. The molecule has 0 saturated carbocycles. The number of amides is 1. The lowest BCUT2D eigenvalue weighted by Gasteiger charge is -2.26. The van der Waals surface area contributed by atoms with E-state index in [9.17, 15) is 14.3 Å². The van der Waals surface area contributed by atoms with E-state index in [1.807, 2.05) is 6.07 Å². The van der Waals surface area contributed by atoms with Gasteiger partial charge in [0.05, 0.1) is 40.6 Å². The minimum atomic E-state index is -1.64. The van der Waals surface area contributed by atoms with Gasteiger partial charge in [0, 0.05) is 31.1 Å². The normalized spacial score (nSPS) is 17.0. The van der Waals surface area contributed by atoms with Crippen LogP contribution in [0, 0.1) is 11.3 Å². The molecule has 0 radical (unpaired) electrons. The number of aromatic nitrogens is 2. The number of carbonyl (C=O) groups is 1. The smallest absolute Gasteiger partial charge is 0.255 e. The maximum atomic E-state index is 14.1. The largest absolute Gasteiger partial charge is 0.387 e. The van der Waals surface area contributed by atoms with Crippen molar-refractivity contribution in [1.29, 1.82) is 5.26 Å². The molecule has 9 nitrogen and oxygen atoms in total. The molecule has 1 fully saturated rings. The highest BCUT2D eigenvalue weighted by Crippen LogP contribution is 2.27. The van der Waals surface area contributed by atoms with Gasteiger partial charge >= 0.3 is 0 Å². The number of hydrogen-bond acceptors (Lipinski definition) is 8. The van der Waals surface area contributed by atoms with Gasteiger partial charge in [-0.2, -0.15) is 5.26 Å². The van der Waals surface area contributed by atoms with Crippen LogP contribution in [-0.4, -0.2) is 58.6 Å². The van der Waals surface area contributed by atoms with Crippen molar-refractivity contribution in [1.82, 2.24) is 15.3 Å². The summed E-state index contributed by atoms with van der Waals surface area (Å²) in [4.78, 5) is 21.2. The summed E-state index contributed by atoms with van der Waals surface area (Å²) >= 11 is 6.19. The van der Waals surface area contributed by atoms with Crippen LogP contribution in [0.4, 0.5) is 21.7 Å². The van der Waals surface area contributed by atoms with Crippen molar-refractivity contribution in [2.45, 2.75) is 44.5 Å². The van der Waals surface area contributed by atoms with Crippen LogP contribution < -0.4 is 16.0 Å². The molecule has 1 amide bonds. The van der Waals surface area contributed by atoms with Crippen molar-refractivity contribution in [3.63, 3.8) is 0 Å². The van der Waals surface area contributed by atoms with E-state index >= 15 is 0 Å². The van der Waals surface area contributed by atoms with Crippen LogP contribution >= 0.6 is 11.6 Å². The molecule has 0 bridgehead atoms. The number of nitrogens with one attached hydrogen (secondary N) is 3. The van der Waals surface area contributed by atoms with E-state index in [-0.39, 0.29) is 23.2 Å². The summed E-state index contributed by atoms with van der Waals surface area (Å²) in [5, 5.41) is 27.8. The van der Waals surface area contributed by atoms with E-state index < -0.39 is 17.7 Å². The van der Waals surface area contributed by atoms with Crippen LogP contribution in [0.25, 0.3) is 0 Å². The van der Waals surface area contributed by atoms with Crippen LogP contribution in [-0.2, 0) is 4.74 Å². The molecule has 2 atom stereocenters. The van der Waals surface area contributed by atoms with E-state index in [0.29, 0.717) is 36.1 Å². The third kappa shape index (κ3) is 6.74. The van der Waals surface area contributed by atoms with Gasteiger partial charge in [0.15, 0.2) is 0 Å². The van der Waals surface area contributed by atoms with Gasteiger partial charge in [0.1, 0.15) is 23.9 Å². The zero-order valence-corrected chi connectivity index (χ0v) is 19.1. The second-order valence-corrected chi connectivity index (χ2v) is 8.70. The predicted molar refractivity (Wildman–Crippen MR) is 122 cm³/mol. The molecule has 0 spiro atoms. The Kier molecular flexibility index (Phi) is 8.02. The Hall–Kier alpha value is -3.00. The minimum absolute atomic E-state index is 0.0116. The van der Waals surface area contributed by atoms with Gasteiger partial charge in [0.25, 0.3) is 5.91 Å². The molecule has 11 heteroatoms. The number of pyridine rings is 2. The highest BCUT2D eigenvalue weighted by atomic mass is 35.5. The summed E-state index contributed by atoms with van der Waals surface area (Å²) < 4.78 is 19.6. The number of hydrogen-bond donors (Lipinski definition) is 4. The molecule has 1 aliphatic rings. The van der Waals surface area contributed by atoms with Crippen molar-refractivity contribution in [3.05, 3.63) is 40.7 Å². The molecule has 4 N–H and O–H groups in total. The first-order valence-electron chi connectivity index (χ1n) is 10.5. The monoisotopic (exact) mass is 476 g/mol. The van der Waals surface area contributed by atoms with E-state index in [4.69, 9.17) is 21.6 Å². The molecule has 176 valence electrons. The number of aliphatic hydroxyl groups is 1. The summed E-state index contributed by atoms with van der Waals surface area (Å²) in [5.41, 5.74) is -0.563. The van der Waals surface area contributed by atoms with Gasteiger partial charge in [-0.1, -0.05) is 11.6 Å². The molecule has 1 saturated heterocycles. The summed E-state index contributed by atoms with van der Waals surface area (Å²) in [6.07, 6.45) is 2.85. The van der Waals surface area contributed by atoms with Crippen molar-refractivity contribution < 1.29 is 19.0 Å². The van der Waals surface area contributed by atoms with Gasteiger partial charge in [-0.3, -0.25) is 4.79 Å². The number of nitriles is 1. The van der Waals surface area contributed by atoms with Crippen molar-refractivity contribution in [3.8, 4) is 6.07 Å². The van der Waals surface area contributed by atoms with E-state index in [1.54, 1.807) is 6.07 Å². The lowest BCUT2D eigenvalue weighted by atomic mass is 10.0. The third-order valence-electron chi connectivity index (χ3n) is 5.09. The second-order valence-electron chi connectivity index (χ2n) is 8.30. The van der Waals surface area contributed by atoms with E-state index in [1.165, 1.54) is 32.3 Å². The molecular formula is C22H26ClFN6O3. The molecule has 3 heterocycles. The Bertz CT molecular complexity index is 1030. The van der Waals surface area contributed by atoms with Crippen LogP contribution in [0.3, 0.4) is 0 Å². The Morgan fingerprint density at radius 3 is 2.85 bits per heavy atom. The zero-order chi connectivity index (χ0) is 24.0. The molecule has 0 aliphatic carbocycles. The van der Waals surface area contributed by atoms with Crippen LogP contribution in [0.2, 0.25) is 5.02 Å². The van der Waals surface area contributed by atoms with Crippen LogP contribution in [0.1, 0.15) is 42.6 Å². The number of halogens is 2. The van der Waals surface area contributed by atoms with E-state index in [2.05, 4.69) is 25.9 Å². The molecule has 3 rings (SSSR count). The molecule has 2 aromatic rings. The maximum Gasteiger partial charge on any atom is 0.255 e. The first kappa shape index (κ1) is 24.6. The quantitative estimate of drug-likeness (QED) is 0.456. The molecule has 2 aromatic heterocycles. The topological polar surface area (TPSA) is 132 Å². The maximum absolute atomic E-state index is 14.1. The number of carbonyl (C=O) groups excluding carboxylic acids is 1. The highest BCUT2D eigenvalue weighted by molar-refractivity contribution is 6.33. The lowest BCUT2D eigenvalue weighted by molar-refractivity contribution is -0.00177. The fraction of sp³-hybridized carbons (Fsp3) is 0.455. The number of anilines is 3. The molecule has 33 heavy (non-hydrogen) atoms. The van der Waals surface area contributed by atoms with Gasteiger partial charge in [-0.15, -0.1) is 0 Å². The van der Waals surface area contributed by atoms with E-state index in [0.717, 1.165) is 12.8 Å². The Labute approximate surface area is 196 Å². The van der Waals surface area contributed by atoms with Gasteiger partial charge < -0.3 is 25.8 Å². The standard InChI is InChI=1S/C22H26ClFN6O3/c1-22(2,32)18(24)11-28-21(31)15-10-26-19(7-17(15)29-14-4-3-5-33-12-14)30-20-16(23)6-13(8-25)9-27-20/h6-7,9-10,14,18,32H,3-5,11-12H2,1-2H3,(H,28,31)(H2,26,27,29,30)/t14?,18-/m1/s1. The zero-order valence-electron chi connectivity index (χ0n) is 18.4. The Balaban J connectivity index is 1.83. The molecule has 0 aromatic carbocycles. The van der Waals surface area contributed by atoms with Crippen molar-refractivity contribution >= 4 is 34.8 Å². The summed E-state index contributed by atoms with van der Waals surface area (Å²) in [5.74, 6) is 0.136. The average molecular weight is 477 g/mol. The van der Waals surface area contributed by atoms with Gasteiger partial charge in [0.2, 0.25) is 0 Å². The van der Waals surface area contributed by atoms with Gasteiger partial charge in [-0.25, -0.2) is 14.4 Å². The van der Waals surface area contributed by atoms with Crippen LogP contribution in [0.5, 0.6) is 0 Å². The SMILES string of the molecule is CC(C)(O)[C@H](F)CNC(=O)c1cnc(Nc2ncc(C#N)cc2Cl)cc1NC1CCCOC1. The van der Waals surface area contributed by atoms with Crippen molar-refractivity contribution in [2.75, 3.05) is 30.4 Å². The number of alkyl halides is 1. The predicted octanol–water partition coefficient (Wildman–Crippen LogP) is 3.17. The summed E-state index contributed by atoms with van der Waals surface area (Å²) in [6.45, 7) is 3.50. The van der Waals surface area contributed by atoms with Crippen LogP contribution in [0.15, 0.2) is 24.5 Å². The fourth-order valence-electron chi connectivity index (χ4n) is 3.14. The third-order valence-corrected chi connectivity index (χ3v) is 5.38. The second kappa shape index (κ2) is 10.7. The van der Waals surface area contributed by atoms with Crippen molar-refractivity contribution in [2.24, 2.45) is 0 Å². The number of rotatable bonds is 8. The summed E-state index contributed by atoms with van der Waals surface area (Å²) in [6, 6.07) is 5.06. The first-order chi connectivity index (χ1) is 15.7. The molecular weight excluding hydrogens is 451 g/mol. The lowest BCUT2D eigenvalue weighted by Crippen LogP contribution is -2.42. The average Bonchev–Trinajstić information content (AvgIpc) is 2.78. The number of ether oxygens (including phenoxy) is 1. The number of nitrogens with zero attached hydrogens (tertiary/aromatic N) is 3. The minimum Gasteiger partial charge on any atom is -0.387 e. The molecule has 1 aliphatic heterocycles. The van der Waals surface area contributed by atoms with Gasteiger partial charge in [-0.05, 0) is 32.8 Å². The Morgan fingerprint density at radius 1 is 1.42 bits per heavy atom. The first-order valence-corrected chi connectivity index (χ1v) is 10.9. The summed E-state index contributed by atoms with van der Waals surface area (Å²) in [7, 11) is 0. The molecule has 1 unspecified atom stereocenters. The fourth-order valence-corrected chi connectivity index (χ4v) is 3.35. The highest BCUT2D eigenvalue weighted by Gasteiger charge is 2.27.